The maximum absolute atomic E-state index is 13.7. The summed E-state index contributed by atoms with van der Waals surface area (Å²) in [5.41, 5.74) is 6.22. The predicted molar refractivity (Wildman–Crippen MR) is 125 cm³/mol. The smallest absolute Gasteiger partial charge is 0.266 e. The molecule has 1 fully saturated rings. The van der Waals surface area contributed by atoms with Crippen LogP contribution in [-0.2, 0) is 0 Å². The number of carbonyl (C=O) groups excluding carboxylic acids is 3. The molecule has 0 atom stereocenters. The van der Waals surface area contributed by atoms with Crippen molar-refractivity contribution in [2.45, 2.75) is 58.8 Å². The van der Waals surface area contributed by atoms with E-state index in [0.717, 1.165) is 43.5 Å². The molecule has 6 nitrogen and oxygen atoms in total. The highest BCUT2D eigenvalue weighted by Gasteiger charge is 2.41. The van der Waals surface area contributed by atoms with Gasteiger partial charge in [-0.3, -0.25) is 19.8 Å². The predicted octanol–water partition coefficient (Wildman–Crippen LogP) is 4.86. The van der Waals surface area contributed by atoms with E-state index in [9.17, 15) is 14.4 Å². The van der Waals surface area contributed by atoms with Crippen molar-refractivity contribution in [1.82, 2.24) is 10.4 Å². The van der Waals surface area contributed by atoms with E-state index in [0.29, 0.717) is 5.69 Å². The molecule has 1 N–H and O–H groups in total. The van der Waals surface area contributed by atoms with E-state index in [1.807, 2.05) is 23.2 Å². The van der Waals surface area contributed by atoms with E-state index < -0.39 is 5.91 Å². The summed E-state index contributed by atoms with van der Waals surface area (Å²) in [5, 5.41) is 1.90. The van der Waals surface area contributed by atoms with Gasteiger partial charge in [0, 0.05) is 13.1 Å². The number of fused-ring (bicyclic) bond motifs is 1. The topological polar surface area (TPSA) is 69.7 Å². The third-order valence-corrected chi connectivity index (χ3v) is 6.34. The molecule has 3 amide bonds. The third kappa shape index (κ3) is 3.84. The van der Waals surface area contributed by atoms with E-state index in [-0.39, 0.29) is 40.3 Å². The van der Waals surface area contributed by atoms with Gasteiger partial charge in [0.2, 0.25) is 0 Å². The molecule has 0 bridgehead atoms. The van der Waals surface area contributed by atoms with Gasteiger partial charge in [0.15, 0.2) is 0 Å². The van der Waals surface area contributed by atoms with E-state index >= 15 is 0 Å². The monoisotopic (exact) mass is 433 g/mol. The molecule has 32 heavy (non-hydrogen) atoms. The van der Waals surface area contributed by atoms with Crippen molar-refractivity contribution >= 4 is 23.4 Å². The number of anilines is 1. The molecule has 2 heterocycles. The van der Waals surface area contributed by atoms with Crippen molar-refractivity contribution in [2.24, 2.45) is 0 Å². The maximum Gasteiger partial charge on any atom is 0.266 e. The molecule has 2 aliphatic rings. The van der Waals surface area contributed by atoms with Crippen LogP contribution in [0.15, 0.2) is 36.4 Å². The summed E-state index contributed by atoms with van der Waals surface area (Å²) in [6, 6.07) is 10.9. The van der Waals surface area contributed by atoms with Gasteiger partial charge in [0.1, 0.15) is 0 Å². The Bertz CT molecular complexity index is 1040. The lowest BCUT2D eigenvalue weighted by molar-refractivity contribution is 0.0745. The van der Waals surface area contributed by atoms with E-state index in [2.05, 4.69) is 33.1 Å². The minimum atomic E-state index is -0.426. The Morgan fingerprint density at radius 2 is 1.44 bits per heavy atom. The Labute approximate surface area is 189 Å². The average Bonchev–Trinajstić information content (AvgIpc) is 3.03. The van der Waals surface area contributed by atoms with Crippen LogP contribution < -0.4 is 10.3 Å². The van der Waals surface area contributed by atoms with Crippen LogP contribution in [0.4, 0.5) is 5.69 Å². The number of benzene rings is 2. The Morgan fingerprint density at radius 1 is 0.844 bits per heavy atom. The molecule has 6 heteroatoms. The van der Waals surface area contributed by atoms with Gasteiger partial charge in [-0.15, -0.1) is 0 Å². The van der Waals surface area contributed by atoms with Crippen LogP contribution in [0.25, 0.3) is 0 Å². The van der Waals surface area contributed by atoms with Crippen LogP contribution in [-0.4, -0.2) is 35.8 Å². The Kier molecular flexibility index (Phi) is 6.15. The molecule has 0 saturated carbocycles. The number of piperidine rings is 1. The minimum Gasteiger partial charge on any atom is -0.285 e. The Hall–Kier alpha value is -2.99. The van der Waals surface area contributed by atoms with Crippen LogP contribution in [0.5, 0.6) is 0 Å². The molecular formula is C26H31N3O3. The highest BCUT2D eigenvalue weighted by Crippen LogP contribution is 2.40. The van der Waals surface area contributed by atoms with E-state index in [1.165, 1.54) is 4.90 Å². The zero-order chi connectivity index (χ0) is 23.0. The highest BCUT2D eigenvalue weighted by molar-refractivity contribution is 6.36. The van der Waals surface area contributed by atoms with Gasteiger partial charge in [0.05, 0.1) is 22.4 Å². The van der Waals surface area contributed by atoms with Crippen molar-refractivity contribution in [3.8, 4) is 0 Å². The molecule has 0 spiro atoms. The molecule has 0 aliphatic carbocycles. The van der Waals surface area contributed by atoms with E-state index in [1.54, 1.807) is 18.2 Å². The van der Waals surface area contributed by atoms with Crippen LogP contribution in [0.1, 0.15) is 101 Å². The standard InChI is InChI=1S/C26H31N3O3/c1-16(2)18-10-8-11-19(17(3)4)23(18)29-25(31)21-13-9-12-20(22(21)26(29)32)24(30)27-28-14-6-5-7-15-28/h8-13,16-17H,5-7,14-15H2,1-4H3,(H,27,30). The van der Waals surface area contributed by atoms with Crippen molar-refractivity contribution in [3.63, 3.8) is 0 Å². The van der Waals surface area contributed by atoms with Crippen molar-refractivity contribution in [2.75, 3.05) is 18.0 Å². The zero-order valence-corrected chi connectivity index (χ0v) is 19.3. The maximum atomic E-state index is 13.7. The number of para-hydroxylation sites is 1. The Balaban J connectivity index is 1.76. The number of amides is 3. The van der Waals surface area contributed by atoms with Crippen LogP contribution in [0, 0.1) is 0 Å². The van der Waals surface area contributed by atoms with Crippen molar-refractivity contribution in [3.05, 3.63) is 64.2 Å². The Morgan fingerprint density at radius 3 is 2.03 bits per heavy atom. The summed E-state index contributed by atoms with van der Waals surface area (Å²) >= 11 is 0. The summed E-state index contributed by atoms with van der Waals surface area (Å²) in [4.78, 5) is 41.5. The number of imide groups is 1. The van der Waals surface area contributed by atoms with Crippen LogP contribution in [0.3, 0.4) is 0 Å². The summed E-state index contributed by atoms with van der Waals surface area (Å²) in [5.74, 6) is -0.866. The molecule has 0 aromatic heterocycles. The molecule has 168 valence electrons. The second kappa shape index (κ2) is 8.87. The number of rotatable bonds is 5. The minimum absolute atomic E-state index is 0.134. The average molecular weight is 434 g/mol. The van der Waals surface area contributed by atoms with Gasteiger partial charge in [-0.1, -0.05) is 58.4 Å². The molecular weight excluding hydrogens is 402 g/mol. The third-order valence-electron chi connectivity index (χ3n) is 6.34. The van der Waals surface area contributed by atoms with Gasteiger partial charge in [0.25, 0.3) is 17.7 Å². The second-order valence-corrected chi connectivity index (χ2v) is 9.26. The summed E-state index contributed by atoms with van der Waals surface area (Å²) < 4.78 is 0. The van der Waals surface area contributed by atoms with Gasteiger partial charge < -0.3 is 0 Å². The second-order valence-electron chi connectivity index (χ2n) is 9.26. The number of hydrogen-bond acceptors (Lipinski definition) is 4. The van der Waals surface area contributed by atoms with Gasteiger partial charge >= 0.3 is 0 Å². The lowest BCUT2D eigenvalue weighted by atomic mass is 9.92. The zero-order valence-electron chi connectivity index (χ0n) is 19.3. The molecule has 2 aliphatic heterocycles. The number of nitrogens with zero attached hydrogens (tertiary/aromatic N) is 2. The lowest BCUT2D eigenvalue weighted by Gasteiger charge is -2.27. The SMILES string of the molecule is CC(C)c1cccc(C(C)C)c1N1C(=O)c2cccc(C(=O)NN3CCCCC3)c2C1=O. The van der Waals surface area contributed by atoms with Gasteiger partial charge in [-0.2, -0.15) is 0 Å². The molecule has 0 unspecified atom stereocenters. The normalized spacial score (nSPS) is 16.8. The fraction of sp³-hybridized carbons (Fsp3) is 0.423. The summed E-state index contributed by atoms with van der Waals surface area (Å²) in [6.07, 6.45) is 3.22. The fourth-order valence-electron chi connectivity index (χ4n) is 4.66. The van der Waals surface area contributed by atoms with Crippen LogP contribution in [0.2, 0.25) is 0 Å². The highest BCUT2D eigenvalue weighted by atomic mass is 16.2. The number of nitrogens with one attached hydrogen (secondary N) is 1. The fourth-order valence-corrected chi connectivity index (χ4v) is 4.66. The van der Waals surface area contributed by atoms with Gasteiger partial charge in [-0.05, 0) is 47.9 Å². The molecule has 4 rings (SSSR count). The summed E-state index contributed by atoms with van der Waals surface area (Å²) in [6.45, 7) is 9.80. The lowest BCUT2D eigenvalue weighted by Crippen LogP contribution is -2.45. The van der Waals surface area contributed by atoms with E-state index in [4.69, 9.17) is 0 Å². The quantitative estimate of drug-likeness (QED) is 0.684. The molecule has 1 saturated heterocycles. The summed E-state index contributed by atoms with van der Waals surface area (Å²) in [7, 11) is 0. The molecule has 0 radical (unpaired) electrons. The molecule has 2 aromatic rings. The van der Waals surface area contributed by atoms with Gasteiger partial charge in [-0.25, -0.2) is 9.91 Å². The first-order chi connectivity index (χ1) is 15.3. The van der Waals surface area contributed by atoms with Crippen molar-refractivity contribution in [1.29, 1.82) is 0 Å². The first-order valence-electron chi connectivity index (χ1n) is 11.5. The largest absolute Gasteiger partial charge is 0.285 e. The van der Waals surface area contributed by atoms with Crippen LogP contribution >= 0.6 is 0 Å². The van der Waals surface area contributed by atoms with Crippen molar-refractivity contribution < 1.29 is 14.4 Å². The number of carbonyl (C=O) groups is 3. The first-order valence-corrected chi connectivity index (χ1v) is 11.5. The number of hydrazine groups is 1. The molecule has 2 aromatic carbocycles. The first kappa shape index (κ1) is 22.2. The number of hydrogen-bond donors (Lipinski definition) is 1.